The molecule has 0 fully saturated rings. The van der Waals surface area contributed by atoms with Gasteiger partial charge in [0.05, 0.1) is 6.04 Å². The third-order valence-electron chi connectivity index (χ3n) is 3.84. The first-order valence-electron chi connectivity index (χ1n) is 6.97. The van der Waals surface area contributed by atoms with E-state index in [0.29, 0.717) is 12.1 Å². The van der Waals surface area contributed by atoms with Crippen LogP contribution in [0.3, 0.4) is 0 Å². The minimum absolute atomic E-state index is 0.356. The van der Waals surface area contributed by atoms with E-state index in [1.54, 1.807) is 11.3 Å². The number of benzene rings is 1. The summed E-state index contributed by atoms with van der Waals surface area (Å²) in [6.45, 7) is 4.34. The molecule has 0 aliphatic heterocycles. The maximum absolute atomic E-state index is 4.48. The van der Waals surface area contributed by atoms with Crippen LogP contribution in [0.4, 0.5) is 0 Å². The molecule has 2 aromatic rings. The predicted molar refractivity (Wildman–Crippen MR) is 80.7 cm³/mol. The Hall–Kier alpha value is -1.19. The molecular weight excluding hydrogens is 252 g/mol. The number of fused-ring (bicyclic) bond motifs is 1. The van der Waals surface area contributed by atoms with Gasteiger partial charge in [0, 0.05) is 17.1 Å². The lowest BCUT2D eigenvalue weighted by Gasteiger charge is -2.27. The highest BCUT2D eigenvalue weighted by atomic mass is 32.1. The van der Waals surface area contributed by atoms with E-state index in [4.69, 9.17) is 0 Å². The number of hydrogen-bond donors (Lipinski definition) is 1. The van der Waals surface area contributed by atoms with Gasteiger partial charge in [-0.15, -0.1) is 11.3 Å². The third kappa shape index (κ3) is 2.88. The fraction of sp³-hybridized carbons (Fsp3) is 0.438. The highest BCUT2D eigenvalue weighted by molar-refractivity contribution is 7.11. The molecule has 0 saturated carbocycles. The van der Waals surface area contributed by atoms with Gasteiger partial charge in [0.1, 0.15) is 5.01 Å². The molecule has 1 aromatic carbocycles. The van der Waals surface area contributed by atoms with Crippen LogP contribution in [0.2, 0.25) is 0 Å². The van der Waals surface area contributed by atoms with Crippen molar-refractivity contribution in [3.8, 4) is 0 Å². The molecule has 1 aliphatic carbocycles. The lowest BCUT2D eigenvalue weighted by atomic mass is 9.88. The van der Waals surface area contributed by atoms with Crippen LogP contribution in [0, 0.1) is 6.92 Å². The van der Waals surface area contributed by atoms with Crippen LogP contribution < -0.4 is 5.32 Å². The number of rotatable bonds is 3. The van der Waals surface area contributed by atoms with Crippen LogP contribution in [0.5, 0.6) is 0 Å². The van der Waals surface area contributed by atoms with Gasteiger partial charge in [-0.3, -0.25) is 0 Å². The molecule has 0 bridgehead atoms. The summed E-state index contributed by atoms with van der Waals surface area (Å²) in [5, 5.41) is 4.94. The molecule has 2 unspecified atom stereocenters. The Labute approximate surface area is 118 Å². The van der Waals surface area contributed by atoms with Crippen LogP contribution in [-0.2, 0) is 12.8 Å². The molecule has 0 amide bonds. The first-order chi connectivity index (χ1) is 9.22. The second-order valence-electron chi connectivity index (χ2n) is 5.41. The topological polar surface area (TPSA) is 24.9 Å². The van der Waals surface area contributed by atoms with Gasteiger partial charge in [0.2, 0.25) is 0 Å². The SMILES string of the molecule is Cc1cnc(C(C)NC2CCc3ccccc3C2)s1. The first kappa shape index (κ1) is 12.8. The molecule has 0 radical (unpaired) electrons. The minimum Gasteiger partial charge on any atom is -0.305 e. The Kier molecular flexibility index (Phi) is 3.67. The number of thiazole rings is 1. The largest absolute Gasteiger partial charge is 0.305 e. The lowest BCUT2D eigenvalue weighted by molar-refractivity contribution is 0.413. The van der Waals surface area contributed by atoms with Crippen molar-refractivity contribution in [2.24, 2.45) is 0 Å². The number of nitrogens with zero attached hydrogens (tertiary/aromatic N) is 1. The van der Waals surface area contributed by atoms with Gasteiger partial charge in [0.15, 0.2) is 0 Å². The summed E-state index contributed by atoms with van der Waals surface area (Å²) in [5.74, 6) is 0. The van der Waals surface area contributed by atoms with Crippen LogP contribution >= 0.6 is 11.3 Å². The van der Waals surface area contributed by atoms with Gasteiger partial charge in [-0.05, 0) is 44.2 Å². The third-order valence-corrected chi connectivity index (χ3v) is 4.94. The highest BCUT2D eigenvalue weighted by Gasteiger charge is 2.20. The summed E-state index contributed by atoms with van der Waals surface area (Å²) in [7, 11) is 0. The Morgan fingerprint density at radius 1 is 1.32 bits per heavy atom. The highest BCUT2D eigenvalue weighted by Crippen LogP contribution is 2.24. The lowest BCUT2D eigenvalue weighted by Crippen LogP contribution is -2.36. The van der Waals surface area contributed by atoms with Crippen LogP contribution in [0.1, 0.15) is 40.4 Å². The van der Waals surface area contributed by atoms with E-state index in [0.717, 1.165) is 6.42 Å². The summed E-state index contributed by atoms with van der Waals surface area (Å²) in [6, 6.07) is 9.76. The smallest absolute Gasteiger partial charge is 0.109 e. The van der Waals surface area contributed by atoms with E-state index < -0.39 is 0 Å². The zero-order chi connectivity index (χ0) is 13.2. The number of hydrogen-bond acceptors (Lipinski definition) is 3. The van der Waals surface area contributed by atoms with Crippen molar-refractivity contribution >= 4 is 11.3 Å². The zero-order valence-electron chi connectivity index (χ0n) is 11.5. The van der Waals surface area contributed by atoms with E-state index in [1.165, 1.54) is 33.9 Å². The molecule has 0 spiro atoms. The van der Waals surface area contributed by atoms with Gasteiger partial charge >= 0.3 is 0 Å². The number of aryl methyl sites for hydroxylation is 2. The Bertz CT molecular complexity index is 561. The summed E-state index contributed by atoms with van der Waals surface area (Å²) in [4.78, 5) is 5.77. The van der Waals surface area contributed by atoms with Crippen molar-refractivity contribution < 1.29 is 0 Å². The summed E-state index contributed by atoms with van der Waals surface area (Å²) in [6.07, 6.45) is 5.53. The quantitative estimate of drug-likeness (QED) is 0.922. The average Bonchev–Trinajstić information content (AvgIpc) is 2.85. The van der Waals surface area contributed by atoms with Crippen LogP contribution in [0.15, 0.2) is 30.5 Å². The molecule has 1 aliphatic rings. The van der Waals surface area contributed by atoms with E-state index in [1.807, 2.05) is 6.20 Å². The second kappa shape index (κ2) is 5.43. The number of aromatic nitrogens is 1. The monoisotopic (exact) mass is 272 g/mol. The standard InChI is InChI=1S/C16H20N2S/c1-11-10-17-16(19-11)12(2)18-15-8-7-13-5-3-4-6-14(13)9-15/h3-6,10,12,15,18H,7-9H2,1-2H3. The van der Waals surface area contributed by atoms with Gasteiger partial charge in [-0.2, -0.15) is 0 Å². The van der Waals surface area contributed by atoms with Crippen molar-refractivity contribution in [3.05, 3.63) is 51.5 Å². The molecule has 2 nitrogen and oxygen atoms in total. The fourth-order valence-corrected chi connectivity index (χ4v) is 3.62. The van der Waals surface area contributed by atoms with Crippen molar-refractivity contribution in [1.82, 2.24) is 10.3 Å². The summed E-state index contributed by atoms with van der Waals surface area (Å²) in [5.41, 5.74) is 3.03. The van der Waals surface area contributed by atoms with Crippen LogP contribution in [0.25, 0.3) is 0 Å². The molecule has 100 valence electrons. The van der Waals surface area contributed by atoms with Gasteiger partial charge in [-0.25, -0.2) is 4.98 Å². The van der Waals surface area contributed by atoms with Crippen molar-refractivity contribution in [2.45, 2.75) is 45.2 Å². The second-order valence-corrected chi connectivity index (χ2v) is 6.67. The Morgan fingerprint density at radius 2 is 2.11 bits per heavy atom. The van der Waals surface area contributed by atoms with Crippen molar-refractivity contribution in [3.63, 3.8) is 0 Å². The predicted octanol–water partition coefficient (Wildman–Crippen LogP) is 3.66. The number of nitrogens with one attached hydrogen (secondary N) is 1. The van der Waals surface area contributed by atoms with Gasteiger partial charge in [-0.1, -0.05) is 24.3 Å². The maximum atomic E-state index is 4.48. The molecular formula is C16H20N2S. The van der Waals surface area contributed by atoms with E-state index in [9.17, 15) is 0 Å². The van der Waals surface area contributed by atoms with Gasteiger partial charge < -0.3 is 5.32 Å². The molecule has 2 atom stereocenters. The van der Waals surface area contributed by atoms with E-state index in [-0.39, 0.29) is 0 Å². The normalized spacial score (nSPS) is 20.0. The molecule has 3 rings (SSSR count). The summed E-state index contributed by atoms with van der Waals surface area (Å²) >= 11 is 1.80. The van der Waals surface area contributed by atoms with Crippen LogP contribution in [-0.4, -0.2) is 11.0 Å². The molecule has 1 aromatic heterocycles. The maximum Gasteiger partial charge on any atom is 0.109 e. The summed E-state index contributed by atoms with van der Waals surface area (Å²) < 4.78 is 0. The van der Waals surface area contributed by atoms with Gasteiger partial charge in [0.25, 0.3) is 0 Å². The van der Waals surface area contributed by atoms with E-state index in [2.05, 4.69) is 48.4 Å². The molecule has 3 heteroatoms. The molecule has 1 N–H and O–H groups in total. The Balaban J connectivity index is 1.66. The zero-order valence-corrected chi connectivity index (χ0v) is 12.3. The van der Waals surface area contributed by atoms with Crippen molar-refractivity contribution in [2.75, 3.05) is 0 Å². The molecule has 1 heterocycles. The average molecular weight is 272 g/mol. The fourth-order valence-electron chi connectivity index (χ4n) is 2.84. The Morgan fingerprint density at radius 3 is 2.84 bits per heavy atom. The first-order valence-corrected chi connectivity index (χ1v) is 7.79. The van der Waals surface area contributed by atoms with Crippen molar-refractivity contribution in [1.29, 1.82) is 0 Å². The molecule has 19 heavy (non-hydrogen) atoms. The minimum atomic E-state index is 0.356. The molecule has 0 saturated heterocycles. The van der Waals surface area contributed by atoms with E-state index >= 15 is 0 Å².